The first-order valence-electron chi connectivity index (χ1n) is 10.4. The van der Waals surface area contributed by atoms with E-state index < -0.39 is 24.7 Å². The molecule has 0 saturated heterocycles. The molecule has 4 rings (SSSR count). The molecule has 2 heterocycles. The van der Waals surface area contributed by atoms with Gasteiger partial charge in [-0.05, 0) is 49.1 Å². The fourth-order valence-electron chi connectivity index (χ4n) is 3.74. The molecule has 0 saturated carbocycles. The maximum Gasteiger partial charge on any atom is 0.281 e. The molecule has 0 fully saturated rings. The Balaban J connectivity index is 1.93. The number of nitrogen functional groups attached to an aromatic ring is 1. The minimum Gasteiger partial charge on any atom is -0.472 e. The number of rotatable bonds is 6. The number of nitrogens with zero attached hydrogens (tertiary/aromatic N) is 4. The second-order valence-electron chi connectivity index (χ2n) is 7.67. The number of nitrogens with two attached hydrogens (primary N) is 1. The molecular weight excluding hydrogens is 432 g/mol. The van der Waals surface area contributed by atoms with E-state index in [9.17, 15) is 18.7 Å². The third-order valence-corrected chi connectivity index (χ3v) is 5.34. The van der Waals surface area contributed by atoms with Crippen LogP contribution < -0.4 is 16.0 Å². The molecule has 3 N–H and O–H groups in total. The first kappa shape index (κ1) is 22.5. The Bertz CT molecular complexity index is 1300. The van der Waals surface area contributed by atoms with E-state index in [1.807, 2.05) is 0 Å². The van der Waals surface area contributed by atoms with E-state index in [1.165, 1.54) is 10.7 Å². The lowest BCUT2D eigenvalue weighted by molar-refractivity contribution is 0.0797. The molecule has 0 radical (unpaired) electrons. The van der Waals surface area contributed by atoms with Crippen LogP contribution in [-0.4, -0.2) is 52.3 Å². The number of halogens is 2. The predicted octanol–water partition coefficient (Wildman–Crippen LogP) is 2.98. The smallest absolute Gasteiger partial charge is 0.281 e. The number of anilines is 1. The van der Waals surface area contributed by atoms with Gasteiger partial charge in [-0.2, -0.15) is 9.78 Å². The van der Waals surface area contributed by atoms with Crippen LogP contribution in [0.4, 0.5) is 14.5 Å². The molecule has 0 amide bonds. The number of aliphatic hydroxyl groups excluding tert-OH is 1. The van der Waals surface area contributed by atoms with Gasteiger partial charge in [-0.3, -0.25) is 9.79 Å². The molecule has 1 atom stereocenters. The van der Waals surface area contributed by atoms with Gasteiger partial charge in [-0.25, -0.2) is 13.8 Å². The first-order valence-corrected chi connectivity index (χ1v) is 10.4. The number of aliphatic hydroxyl groups is 1. The average Bonchev–Trinajstić information content (AvgIpc) is 2.80. The number of hydrogen-bond donors (Lipinski definition) is 2. The predicted molar refractivity (Wildman–Crippen MR) is 122 cm³/mol. The van der Waals surface area contributed by atoms with E-state index >= 15 is 0 Å². The topological polar surface area (TPSA) is 116 Å². The maximum absolute atomic E-state index is 13.6. The molecular formula is C23H23F2N5O3. The molecule has 10 heteroatoms. The molecule has 33 heavy (non-hydrogen) atoms. The van der Waals surface area contributed by atoms with E-state index in [-0.39, 0.29) is 11.4 Å². The summed E-state index contributed by atoms with van der Waals surface area (Å²) in [7, 11) is 1.62. The summed E-state index contributed by atoms with van der Waals surface area (Å²) in [5.74, 6) is -0.0200. The zero-order valence-corrected chi connectivity index (χ0v) is 17.9. The lowest BCUT2D eigenvalue weighted by atomic mass is 9.92. The van der Waals surface area contributed by atoms with Crippen molar-refractivity contribution in [2.24, 2.45) is 4.99 Å². The van der Waals surface area contributed by atoms with E-state index in [4.69, 9.17) is 10.5 Å². The standard InChI is InChI=1S/C23H23F2N5O3/c1-27-11-14-10-15(4-7-17(14)26)30-23(32)21(13-2-5-16(31)6-3-13)22-18(29-30)8-9-20(28-22)33-12-19(24)25/h2,4,7-11,16,19,31H,3,5-6,12,26H2,1H3. The summed E-state index contributed by atoms with van der Waals surface area (Å²) in [6.45, 7) is -0.805. The fraction of sp³-hybridized carbons (Fsp3) is 0.304. The Hall–Kier alpha value is -3.66. The highest BCUT2D eigenvalue weighted by atomic mass is 19.3. The normalized spacial score (nSPS) is 16.5. The van der Waals surface area contributed by atoms with Crippen molar-refractivity contribution >= 4 is 28.5 Å². The van der Waals surface area contributed by atoms with Gasteiger partial charge in [-0.1, -0.05) is 6.08 Å². The molecule has 0 aliphatic heterocycles. The minimum absolute atomic E-state index is 0.0200. The Kier molecular flexibility index (Phi) is 6.45. The van der Waals surface area contributed by atoms with E-state index in [0.717, 1.165) is 5.57 Å². The summed E-state index contributed by atoms with van der Waals surface area (Å²) in [6, 6.07) is 8.07. The maximum atomic E-state index is 13.6. The van der Waals surface area contributed by atoms with Gasteiger partial charge in [0.15, 0.2) is 6.61 Å². The van der Waals surface area contributed by atoms with Gasteiger partial charge in [0.1, 0.15) is 11.0 Å². The number of aliphatic imine (C=N–C) groups is 1. The Morgan fingerprint density at radius 3 is 2.88 bits per heavy atom. The number of ether oxygens (including phenoxy) is 1. The van der Waals surface area contributed by atoms with Crippen LogP contribution in [0.25, 0.3) is 22.3 Å². The van der Waals surface area contributed by atoms with E-state index in [2.05, 4.69) is 15.1 Å². The third kappa shape index (κ3) is 4.75. The third-order valence-electron chi connectivity index (χ3n) is 5.34. The van der Waals surface area contributed by atoms with Gasteiger partial charge in [0.05, 0.1) is 17.4 Å². The highest BCUT2D eigenvalue weighted by Gasteiger charge is 2.22. The zero-order chi connectivity index (χ0) is 23.5. The van der Waals surface area contributed by atoms with Crippen LogP contribution in [0.3, 0.4) is 0 Å². The minimum atomic E-state index is -2.65. The summed E-state index contributed by atoms with van der Waals surface area (Å²) in [6.07, 6.45) is 1.63. The van der Waals surface area contributed by atoms with Crippen molar-refractivity contribution in [3.8, 4) is 11.6 Å². The van der Waals surface area contributed by atoms with Crippen LogP contribution >= 0.6 is 0 Å². The second kappa shape index (κ2) is 9.45. The van der Waals surface area contributed by atoms with Crippen LogP contribution in [-0.2, 0) is 0 Å². The first-order chi connectivity index (χ1) is 15.9. The molecule has 1 aliphatic carbocycles. The van der Waals surface area contributed by atoms with Crippen LogP contribution in [0.2, 0.25) is 0 Å². The number of benzene rings is 1. The van der Waals surface area contributed by atoms with Gasteiger partial charge >= 0.3 is 0 Å². The van der Waals surface area contributed by atoms with Crippen molar-refractivity contribution in [1.29, 1.82) is 0 Å². The molecule has 172 valence electrons. The summed E-state index contributed by atoms with van der Waals surface area (Å²) in [5.41, 5.74) is 8.88. The van der Waals surface area contributed by atoms with Crippen LogP contribution in [0.15, 0.2) is 46.2 Å². The Labute approximate surface area is 188 Å². The van der Waals surface area contributed by atoms with Crippen LogP contribution in [0.1, 0.15) is 30.4 Å². The average molecular weight is 455 g/mol. The molecule has 1 unspecified atom stereocenters. The van der Waals surface area contributed by atoms with Crippen molar-refractivity contribution in [3.63, 3.8) is 0 Å². The van der Waals surface area contributed by atoms with Gasteiger partial charge in [-0.15, -0.1) is 0 Å². The molecule has 1 aliphatic rings. The molecule has 0 spiro atoms. The highest BCUT2D eigenvalue weighted by Crippen LogP contribution is 2.30. The van der Waals surface area contributed by atoms with Crippen LogP contribution in [0, 0.1) is 0 Å². The van der Waals surface area contributed by atoms with Crippen molar-refractivity contribution in [2.75, 3.05) is 19.4 Å². The lowest BCUT2D eigenvalue weighted by Gasteiger charge is -2.19. The highest BCUT2D eigenvalue weighted by molar-refractivity contribution is 5.89. The quantitative estimate of drug-likeness (QED) is 0.436. The zero-order valence-electron chi connectivity index (χ0n) is 17.9. The van der Waals surface area contributed by atoms with Crippen molar-refractivity contribution < 1.29 is 18.6 Å². The number of alkyl halides is 2. The number of fused-ring (bicyclic) bond motifs is 1. The number of hydrogen-bond acceptors (Lipinski definition) is 7. The molecule has 3 aromatic rings. The van der Waals surface area contributed by atoms with Crippen molar-refractivity contribution in [1.82, 2.24) is 14.8 Å². The van der Waals surface area contributed by atoms with Gasteiger partial charge < -0.3 is 15.6 Å². The lowest BCUT2D eigenvalue weighted by Crippen LogP contribution is -2.26. The van der Waals surface area contributed by atoms with Crippen LogP contribution in [0.5, 0.6) is 5.88 Å². The summed E-state index contributed by atoms with van der Waals surface area (Å²) < 4.78 is 31.5. The second-order valence-corrected chi connectivity index (χ2v) is 7.67. The summed E-state index contributed by atoms with van der Waals surface area (Å²) >= 11 is 0. The molecule has 1 aromatic carbocycles. The fourth-order valence-corrected chi connectivity index (χ4v) is 3.74. The molecule has 0 bridgehead atoms. The Morgan fingerprint density at radius 1 is 1.36 bits per heavy atom. The van der Waals surface area contributed by atoms with Crippen molar-refractivity contribution in [3.05, 3.63) is 57.9 Å². The monoisotopic (exact) mass is 455 g/mol. The SMILES string of the molecule is CN=Cc1cc(-n2nc3ccc(OCC(F)F)nc3c(C3=CCC(O)CC3)c2=O)ccc1N. The van der Waals surface area contributed by atoms with Gasteiger partial charge in [0, 0.05) is 30.6 Å². The molecule has 2 aromatic heterocycles. The largest absolute Gasteiger partial charge is 0.472 e. The van der Waals surface area contributed by atoms with Gasteiger partial charge in [0.25, 0.3) is 12.0 Å². The number of pyridine rings is 1. The summed E-state index contributed by atoms with van der Waals surface area (Å²) in [5, 5.41) is 14.3. The number of allylic oxidation sites excluding steroid dienone is 1. The van der Waals surface area contributed by atoms with E-state index in [1.54, 1.807) is 43.6 Å². The molecule has 8 nitrogen and oxygen atoms in total. The van der Waals surface area contributed by atoms with E-state index in [0.29, 0.717) is 47.3 Å². The van der Waals surface area contributed by atoms with Crippen molar-refractivity contribution in [2.45, 2.75) is 31.8 Å². The Morgan fingerprint density at radius 2 is 2.18 bits per heavy atom. The summed E-state index contributed by atoms with van der Waals surface area (Å²) in [4.78, 5) is 21.9. The number of aromatic nitrogens is 3. The van der Waals surface area contributed by atoms with Gasteiger partial charge in [0.2, 0.25) is 5.88 Å².